The van der Waals surface area contributed by atoms with E-state index >= 15 is 0 Å². The molecular formula is C25H24ClF3N2O3. The van der Waals surface area contributed by atoms with E-state index in [0.29, 0.717) is 49.1 Å². The van der Waals surface area contributed by atoms with Gasteiger partial charge >= 0.3 is 6.18 Å². The van der Waals surface area contributed by atoms with Gasteiger partial charge in [-0.2, -0.15) is 13.2 Å². The monoisotopic (exact) mass is 492 g/mol. The second-order valence-corrected chi connectivity index (χ2v) is 8.55. The van der Waals surface area contributed by atoms with Crippen LogP contribution in [-0.2, 0) is 17.5 Å². The van der Waals surface area contributed by atoms with Gasteiger partial charge in [0.25, 0.3) is 5.91 Å². The molecule has 0 radical (unpaired) electrons. The van der Waals surface area contributed by atoms with E-state index in [1.54, 1.807) is 29.2 Å². The fourth-order valence-electron chi connectivity index (χ4n) is 3.84. The number of carbonyl (C=O) groups is 1. The summed E-state index contributed by atoms with van der Waals surface area (Å²) in [5, 5.41) is 0.607. The van der Waals surface area contributed by atoms with E-state index in [1.165, 1.54) is 18.4 Å². The van der Waals surface area contributed by atoms with Crippen molar-refractivity contribution in [3.05, 3.63) is 94.4 Å². The van der Waals surface area contributed by atoms with Crippen LogP contribution in [0.4, 0.5) is 13.2 Å². The summed E-state index contributed by atoms with van der Waals surface area (Å²) in [4.78, 5) is 16.5. The second kappa shape index (κ2) is 10.6. The van der Waals surface area contributed by atoms with Gasteiger partial charge in [-0.05, 0) is 47.5 Å². The number of nitrogens with zero attached hydrogens (tertiary/aromatic N) is 2. The van der Waals surface area contributed by atoms with Crippen molar-refractivity contribution < 1.29 is 27.1 Å². The molecule has 0 unspecified atom stereocenters. The number of piperazine rings is 1. The van der Waals surface area contributed by atoms with Crippen LogP contribution >= 0.6 is 11.6 Å². The van der Waals surface area contributed by atoms with Crippen molar-refractivity contribution in [2.45, 2.75) is 18.9 Å². The number of alkyl halides is 3. The van der Waals surface area contributed by atoms with Crippen LogP contribution in [0.2, 0.25) is 5.02 Å². The number of ether oxygens (including phenoxy) is 1. The lowest BCUT2D eigenvalue weighted by Gasteiger charge is -2.36. The summed E-state index contributed by atoms with van der Waals surface area (Å²) in [6.07, 6.45) is -3.20. The summed E-state index contributed by atoms with van der Waals surface area (Å²) in [5.74, 6) is 0.199. The van der Waals surface area contributed by atoms with Crippen molar-refractivity contribution in [2.24, 2.45) is 0 Å². The first-order valence-electron chi connectivity index (χ1n) is 10.9. The smallest absolute Gasteiger partial charge is 0.416 e. The first kappa shape index (κ1) is 24.3. The Kier molecular flexibility index (Phi) is 7.60. The van der Waals surface area contributed by atoms with Crippen LogP contribution in [-0.4, -0.2) is 48.4 Å². The molecule has 0 spiro atoms. The van der Waals surface area contributed by atoms with Gasteiger partial charge in [-0.3, -0.25) is 9.69 Å². The van der Waals surface area contributed by atoms with E-state index < -0.39 is 11.7 Å². The quantitative estimate of drug-likeness (QED) is 0.426. The van der Waals surface area contributed by atoms with Crippen LogP contribution < -0.4 is 0 Å². The van der Waals surface area contributed by atoms with Crippen molar-refractivity contribution in [3.8, 4) is 0 Å². The molecule has 2 heterocycles. The van der Waals surface area contributed by atoms with E-state index in [-0.39, 0.29) is 18.6 Å². The molecule has 0 bridgehead atoms. The first-order chi connectivity index (χ1) is 16.3. The standard InChI is InChI=1S/C25H24ClF3N2O3/c26-21-9-5-19(6-10-21)23(34-17-18-3-7-20(8-4-18)25(27,28)29)16-30-11-13-31(14-12-30)24(32)22-2-1-15-33-22/h1-10,15,23H,11-14,16-17H2/t23-/m0/s1. The zero-order chi connectivity index (χ0) is 24.1. The van der Waals surface area contributed by atoms with Crippen molar-refractivity contribution in [2.75, 3.05) is 32.7 Å². The van der Waals surface area contributed by atoms with Crippen molar-refractivity contribution >= 4 is 17.5 Å². The third kappa shape index (κ3) is 6.20. The highest BCUT2D eigenvalue weighted by Crippen LogP contribution is 2.30. The van der Waals surface area contributed by atoms with Crippen LogP contribution in [0.3, 0.4) is 0 Å². The van der Waals surface area contributed by atoms with Gasteiger partial charge in [0, 0.05) is 37.7 Å². The number of halogens is 4. The van der Waals surface area contributed by atoms with Crippen LogP contribution in [0.25, 0.3) is 0 Å². The van der Waals surface area contributed by atoms with Crippen molar-refractivity contribution in [1.82, 2.24) is 9.80 Å². The molecule has 2 aromatic carbocycles. The van der Waals surface area contributed by atoms with Gasteiger partial charge in [0.05, 0.1) is 24.5 Å². The molecule has 1 saturated heterocycles. The third-order valence-corrected chi connectivity index (χ3v) is 6.04. The number of amides is 1. The summed E-state index contributed by atoms with van der Waals surface area (Å²) >= 11 is 6.03. The van der Waals surface area contributed by atoms with E-state index in [1.807, 2.05) is 12.1 Å². The van der Waals surface area contributed by atoms with Gasteiger partial charge < -0.3 is 14.1 Å². The highest BCUT2D eigenvalue weighted by atomic mass is 35.5. The topological polar surface area (TPSA) is 45.9 Å². The lowest BCUT2D eigenvalue weighted by Crippen LogP contribution is -2.49. The fraction of sp³-hybridized carbons (Fsp3) is 0.320. The average molecular weight is 493 g/mol. The summed E-state index contributed by atoms with van der Waals surface area (Å²) < 4.78 is 49.8. The largest absolute Gasteiger partial charge is 0.459 e. The number of furan rings is 1. The van der Waals surface area contributed by atoms with Gasteiger partial charge in [0.1, 0.15) is 0 Å². The number of hydrogen-bond donors (Lipinski definition) is 0. The maximum absolute atomic E-state index is 12.8. The molecule has 0 N–H and O–H groups in total. The summed E-state index contributed by atoms with van der Waals surface area (Å²) in [6.45, 7) is 3.20. The van der Waals surface area contributed by atoms with Crippen molar-refractivity contribution in [1.29, 1.82) is 0 Å². The van der Waals surface area contributed by atoms with Crippen molar-refractivity contribution in [3.63, 3.8) is 0 Å². The molecule has 1 aliphatic heterocycles. The lowest BCUT2D eigenvalue weighted by atomic mass is 10.1. The van der Waals surface area contributed by atoms with E-state index in [0.717, 1.165) is 17.7 Å². The normalized spacial score (nSPS) is 15.9. The zero-order valence-corrected chi connectivity index (χ0v) is 19.1. The molecule has 0 aliphatic carbocycles. The molecule has 1 atom stereocenters. The molecule has 3 aromatic rings. The Morgan fingerprint density at radius 1 is 1.00 bits per heavy atom. The SMILES string of the molecule is O=C(c1ccco1)N1CCN(C[C@H](OCc2ccc(C(F)(F)F)cc2)c2ccc(Cl)cc2)CC1. The Labute approximate surface area is 200 Å². The number of hydrogen-bond acceptors (Lipinski definition) is 4. The summed E-state index contributed by atoms with van der Waals surface area (Å²) in [7, 11) is 0. The zero-order valence-electron chi connectivity index (χ0n) is 18.3. The van der Waals surface area contributed by atoms with Gasteiger partial charge in [0.2, 0.25) is 0 Å². The first-order valence-corrected chi connectivity index (χ1v) is 11.3. The van der Waals surface area contributed by atoms with Gasteiger partial charge in [-0.25, -0.2) is 0 Å². The Morgan fingerprint density at radius 3 is 2.26 bits per heavy atom. The highest BCUT2D eigenvalue weighted by Gasteiger charge is 2.30. The molecule has 1 aromatic heterocycles. The minimum absolute atomic E-state index is 0.127. The van der Waals surface area contributed by atoms with E-state index in [4.69, 9.17) is 20.8 Å². The Bertz CT molecular complexity index is 1060. The minimum Gasteiger partial charge on any atom is -0.459 e. The number of benzene rings is 2. The van der Waals surface area contributed by atoms with Crippen LogP contribution in [0.5, 0.6) is 0 Å². The molecule has 9 heteroatoms. The average Bonchev–Trinajstić information content (AvgIpc) is 3.37. The van der Waals surface area contributed by atoms with Crippen LogP contribution in [0.1, 0.15) is 33.3 Å². The molecule has 1 amide bonds. The lowest BCUT2D eigenvalue weighted by molar-refractivity contribution is -0.137. The predicted molar refractivity (Wildman–Crippen MR) is 121 cm³/mol. The number of carbonyl (C=O) groups excluding carboxylic acids is 1. The predicted octanol–water partition coefficient (Wildman–Crippen LogP) is 5.67. The molecular weight excluding hydrogens is 469 g/mol. The van der Waals surface area contributed by atoms with E-state index in [2.05, 4.69) is 4.90 Å². The molecule has 180 valence electrons. The molecule has 1 aliphatic rings. The van der Waals surface area contributed by atoms with Gasteiger partial charge in [-0.15, -0.1) is 0 Å². The fourth-order valence-corrected chi connectivity index (χ4v) is 3.97. The van der Waals surface area contributed by atoms with E-state index in [9.17, 15) is 18.0 Å². The molecule has 34 heavy (non-hydrogen) atoms. The highest BCUT2D eigenvalue weighted by molar-refractivity contribution is 6.30. The molecule has 4 rings (SSSR count). The second-order valence-electron chi connectivity index (χ2n) is 8.12. The summed E-state index contributed by atoms with van der Waals surface area (Å²) in [6, 6.07) is 15.7. The van der Waals surface area contributed by atoms with Crippen LogP contribution in [0, 0.1) is 0 Å². The molecule has 1 fully saturated rings. The maximum atomic E-state index is 12.8. The van der Waals surface area contributed by atoms with Gasteiger partial charge in [0.15, 0.2) is 5.76 Å². The van der Waals surface area contributed by atoms with Gasteiger partial charge in [-0.1, -0.05) is 35.9 Å². The summed E-state index contributed by atoms with van der Waals surface area (Å²) in [5.41, 5.74) is 0.888. The molecule has 5 nitrogen and oxygen atoms in total. The Morgan fingerprint density at radius 2 is 1.68 bits per heavy atom. The number of rotatable bonds is 7. The Hall–Kier alpha value is -2.81. The van der Waals surface area contributed by atoms with Crippen LogP contribution in [0.15, 0.2) is 71.3 Å². The third-order valence-electron chi connectivity index (χ3n) is 5.79. The molecule has 0 saturated carbocycles. The minimum atomic E-state index is -4.37. The Balaban J connectivity index is 1.38. The maximum Gasteiger partial charge on any atom is 0.416 e.